The third kappa shape index (κ3) is 5.46. The Labute approximate surface area is 183 Å². The second-order valence-corrected chi connectivity index (χ2v) is 8.23. The van der Waals surface area contributed by atoms with Gasteiger partial charge in [-0.3, -0.25) is 0 Å². The van der Waals surface area contributed by atoms with Crippen LogP contribution in [-0.4, -0.2) is 46.4 Å². The Morgan fingerprint density at radius 3 is 2.35 bits per heavy atom. The molecule has 1 aliphatic heterocycles. The number of rotatable bonds is 8. The number of aryl methyl sites for hydroxylation is 1. The minimum Gasteiger partial charge on any atom is -0.497 e. The molecule has 2 heterocycles. The van der Waals surface area contributed by atoms with Crippen molar-refractivity contribution in [2.45, 2.75) is 19.9 Å². The first-order chi connectivity index (χ1) is 15.1. The summed E-state index contributed by atoms with van der Waals surface area (Å²) in [6, 6.07) is 15.6. The molecule has 1 aromatic heterocycles. The van der Waals surface area contributed by atoms with Gasteiger partial charge >= 0.3 is 5.63 Å². The van der Waals surface area contributed by atoms with Crippen LogP contribution >= 0.6 is 0 Å². The van der Waals surface area contributed by atoms with Gasteiger partial charge in [-0.25, -0.2) is 4.79 Å². The fourth-order valence-corrected chi connectivity index (χ4v) is 4.28. The summed E-state index contributed by atoms with van der Waals surface area (Å²) in [5, 5.41) is 1.06. The average molecular weight is 425 g/mol. The Kier molecular flexibility index (Phi) is 6.89. The third-order valence-electron chi connectivity index (χ3n) is 6.19. The number of benzene rings is 2. The van der Waals surface area contributed by atoms with Crippen molar-refractivity contribution < 1.29 is 23.7 Å². The quantitative estimate of drug-likeness (QED) is 0.524. The van der Waals surface area contributed by atoms with Crippen LogP contribution in [0.1, 0.15) is 18.1 Å². The lowest BCUT2D eigenvalue weighted by molar-refractivity contribution is -1.02. The van der Waals surface area contributed by atoms with Crippen LogP contribution in [0.5, 0.6) is 11.5 Å². The van der Waals surface area contributed by atoms with Crippen LogP contribution in [0, 0.1) is 0 Å². The van der Waals surface area contributed by atoms with E-state index in [1.165, 1.54) is 10.5 Å². The maximum Gasteiger partial charge on any atom is 0.336 e. The smallest absolute Gasteiger partial charge is 0.336 e. The summed E-state index contributed by atoms with van der Waals surface area (Å²) in [5.41, 5.74) is 2.74. The number of methoxy groups -OCH3 is 1. The topological polar surface area (TPSA) is 57.5 Å². The second-order valence-electron chi connectivity index (χ2n) is 8.23. The summed E-state index contributed by atoms with van der Waals surface area (Å²) in [6.07, 6.45) is 0.933. The average Bonchev–Trinajstić information content (AvgIpc) is 2.80. The number of piperazine rings is 1. The van der Waals surface area contributed by atoms with Gasteiger partial charge in [0.05, 0.1) is 7.11 Å². The fourth-order valence-electron chi connectivity index (χ4n) is 4.28. The highest BCUT2D eigenvalue weighted by molar-refractivity contribution is 5.80. The molecule has 1 saturated heterocycles. The first kappa shape index (κ1) is 21.4. The number of ether oxygens (including phenoxy) is 2. The summed E-state index contributed by atoms with van der Waals surface area (Å²) in [4.78, 5) is 15.2. The molecule has 1 fully saturated rings. The molecule has 0 amide bonds. The van der Waals surface area contributed by atoms with Crippen molar-refractivity contribution in [2.24, 2.45) is 0 Å². The highest BCUT2D eigenvalue weighted by Gasteiger charge is 2.24. The predicted octanol–water partition coefficient (Wildman–Crippen LogP) is 0.726. The maximum absolute atomic E-state index is 12.1. The first-order valence-corrected chi connectivity index (χ1v) is 11.1. The van der Waals surface area contributed by atoms with Crippen molar-refractivity contribution in [2.75, 3.05) is 46.4 Å². The monoisotopic (exact) mass is 424 g/mol. The van der Waals surface area contributed by atoms with Gasteiger partial charge in [-0.15, -0.1) is 0 Å². The second kappa shape index (κ2) is 9.98. The largest absolute Gasteiger partial charge is 0.497 e. The minimum atomic E-state index is -0.255. The molecular weight excluding hydrogens is 392 g/mol. The Morgan fingerprint density at radius 1 is 0.935 bits per heavy atom. The van der Waals surface area contributed by atoms with Crippen molar-refractivity contribution in [1.82, 2.24) is 0 Å². The SMILES string of the molecule is CCc1ccc2c(C[NH+]3CC[NH+](CCOc4ccc(OC)cc4)CC3)cc(=O)oc2c1. The number of nitrogens with one attached hydrogen (secondary N) is 2. The van der Waals surface area contributed by atoms with Crippen molar-refractivity contribution in [1.29, 1.82) is 0 Å². The molecule has 0 saturated carbocycles. The van der Waals surface area contributed by atoms with Gasteiger partial charge in [0.2, 0.25) is 0 Å². The molecule has 164 valence electrons. The number of hydrogen-bond acceptors (Lipinski definition) is 4. The molecule has 31 heavy (non-hydrogen) atoms. The van der Waals surface area contributed by atoms with Crippen LogP contribution in [0.25, 0.3) is 11.0 Å². The fraction of sp³-hybridized carbons (Fsp3) is 0.400. The molecule has 0 spiro atoms. The van der Waals surface area contributed by atoms with Crippen LogP contribution in [0.15, 0.2) is 57.7 Å². The van der Waals surface area contributed by atoms with E-state index in [2.05, 4.69) is 19.1 Å². The van der Waals surface area contributed by atoms with Crippen LogP contribution in [0.2, 0.25) is 0 Å². The van der Waals surface area contributed by atoms with E-state index in [9.17, 15) is 4.79 Å². The van der Waals surface area contributed by atoms with E-state index in [-0.39, 0.29) is 5.63 Å². The van der Waals surface area contributed by atoms with Gasteiger partial charge in [-0.2, -0.15) is 0 Å². The van der Waals surface area contributed by atoms with E-state index in [4.69, 9.17) is 13.9 Å². The van der Waals surface area contributed by atoms with Gasteiger partial charge in [-0.05, 0) is 42.3 Å². The molecule has 0 bridgehead atoms. The molecule has 2 N–H and O–H groups in total. The number of hydrogen-bond donors (Lipinski definition) is 2. The lowest BCUT2D eigenvalue weighted by Gasteiger charge is -2.29. The molecule has 4 rings (SSSR count). The summed E-state index contributed by atoms with van der Waals surface area (Å²) in [6.45, 7) is 9.08. The van der Waals surface area contributed by atoms with E-state index in [0.717, 1.165) is 68.1 Å². The van der Waals surface area contributed by atoms with Gasteiger partial charge < -0.3 is 23.7 Å². The van der Waals surface area contributed by atoms with E-state index >= 15 is 0 Å². The van der Waals surface area contributed by atoms with E-state index in [0.29, 0.717) is 12.2 Å². The zero-order chi connectivity index (χ0) is 21.6. The molecule has 0 unspecified atom stereocenters. The van der Waals surface area contributed by atoms with Crippen LogP contribution in [-0.2, 0) is 13.0 Å². The Morgan fingerprint density at radius 2 is 1.65 bits per heavy atom. The predicted molar refractivity (Wildman–Crippen MR) is 120 cm³/mol. The summed E-state index contributed by atoms with van der Waals surface area (Å²) >= 11 is 0. The zero-order valence-corrected chi connectivity index (χ0v) is 18.4. The maximum atomic E-state index is 12.1. The van der Waals surface area contributed by atoms with E-state index < -0.39 is 0 Å². The number of quaternary nitrogens is 2. The number of fused-ring (bicyclic) bond motifs is 1. The molecular formula is C25H32N2O4+2. The lowest BCUT2D eigenvalue weighted by Crippen LogP contribution is -3.27. The van der Waals surface area contributed by atoms with Crippen LogP contribution in [0.3, 0.4) is 0 Å². The first-order valence-electron chi connectivity index (χ1n) is 11.1. The normalized spacial score (nSPS) is 18.8. The van der Waals surface area contributed by atoms with Crippen molar-refractivity contribution in [3.63, 3.8) is 0 Å². The molecule has 6 heteroatoms. The van der Waals surface area contributed by atoms with E-state index in [1.807, 2.05) is 30.3 Å². The van der Waals surface area contributed by atoms with Gasteiger partial charge in [-0.1, -0.05) is 19.1 Å². The Hall–Kier alpha value is -2.83. The Balaban J connectivity index is 1.28. The lowest BCUT2D eigenvalue weighted by atomic mass is 10.1. The van der Waals surface area contributed by atoms with Crippen molar-refractivity contribution >= 4 is 11.0 Å². The summed E-state index contributed by atoms with van der Waals surface area (Å²) in [7, 11) is 1.66. The summed E-state index contributed by atoms with van der Waals surface area (Å²) in [5.74, 6) is 1.72. The third-order valence-corrected chi connectivity index (χ3v) is 6.19. The minimum absolute atomic E-state index is 0.255. The highest BCUT2D eigenvalue weighted by atomic mass is 16.5. The molecule has 2 aromatic carbocycles. The standard InChI is InChI=1S/C25H30N2O4/c1-3-19-4-9-23-20(17-25(28)31-24(23)16-19)18-27-12-10-26(11-13-27)14-15-30-22-7-5-21(29-2)6-8-22/h4-9,16-17H,3,10-15,18H2,1-2H3/p+2. The molecule has 0 radical (unpaired) electrons. The highest BCUT2D eigenvalue weighted by Crippen LogP contribution is 2.19. The summed E-state index contributed by atoms with van der Waals surface area (Å²) < 4.78 is 16.5. The van der Waals surface area contributed by atoms with Gasteiger partial charge in [0.15, 0.2) is 0 Å². The molecule has 0 aliphatic carbocycles. The molecule has 6 nitrogen and oxygen atoms in total. The molecule has 1 aliphatic rings. The molecule has 3 aromatic rings. The molecule has 0 atom stereocenters. The zero-order valence-electron chi connectivity index (χ0n) is 18.4. The van der Waals surface area contributed by atoms with Gasteiger partial charge in [0, 0.05) is 17.0 Å². The van der Waals surface area contributed by atoms with Crippen LogP contribution in [0.4, 0.5) is 0 Å². The van der Waals surface area contributed by atoms with E-state index in [1.54, 1.807) is 18.1 Å². The van der Waals surface area contributed by atoms with Crippen LogP contribution < -0.4 is 24.9 Å². The van der Waals surface area contributed by atoms with Crippen molar-refractivity contribution in [3.05, 3.63) is 70.1 Å². The van der Waals surface area contributed by atoms with Crippen molar-refractivity contribution in [3.8, 4) is 11.5 Å². The Bertz CT molecular complexity index is 1050. The van der Waals surface area contributed by atoms with Gasteiger partial charge in [0.1, 0.15) is 63.0 Å². The van der Waals surface area contributed by atoms with Gasteiger partial charge in [0.25, 0.3) is 0 Å².